The van der Waals surface area contributed by atoms with E-state index in [1.54, 1.807) is 0 Å². The van der Waals surface area contributed by atoms with Crippen LogP contribution in [-0.2, 0) is 0 Å². The number of nitrogens with zero attached hydrogens (tertiary/aromatic N) is 2. The number of nitro groups is 1. The van der Waals surface area contributed by atoms with Crippen molar-refractivity contribution >= 4 is 29.1 Å². The number of carboxylic acid groups (broad SMARTS) is 1. The molecule has 19 heavy (non-hydrogen) atoms. The molecule has 1 aromatic rings. The van der Waals surface area contributed by atoms with Gasteiger partial charge in [0.1, 0.15) is 17.6 Å². The summed E-state index contributed by atoms with van der Waals surface area (Å²) in [5.41, 5.74) is -2.03. The van der Waals surface area contributed by atoms with Gasteiger partial charge >= 0.3 is 0 Å². The minimum atomic E-state index is -1.64. The molecule has 104 valence electrons. The minimum Gasteiger partial charge on any atom is -0.530 e. The van der Waals surface area contributed by atoms with Crippen molar-refractivity contribution in [2.75, 3.05) is 4.90 Å². The first kappa shape index (κ1) is 15.2. The van der Waals surface area contributed by atoms with Gasteiger partial charge in [0.2, 0.25) is 0 Å². The van der Waals surface area contributed by atoms with Crippen LogP contribution in [0.4, 0.5) is 20.6 Å². The summed E-state index contributed by atoms with van der Waals surface area (Å²) in [6.07, 6.45) is -1.64. The van der Waals surface area contributed by atoms with Crippen LogP contribution < -0.4 is 10.0 Å². The third kappa shape index (κ3) is 3.11. The van der Waals surface area contributed by atoms with E-state index in [0.29, 0.717) is 11.0 Å². The van der Waals surface area contributed by atoms with Crippen molar-refractivity contribution in [3.63, 3.8) is 0 Å². The number of carbonyl (C=O) groups is 1. The zero-order chi connectivity index (χ0) is 15.0. The maximum absolute atomic E-state index is 13.3. The molecule has 0 unspecified atom stereocenters. The molecule has 0 fully saturated rings. The van der Waals surface area contributed by atoms with E-state index in [4.69, 9.17) is 11.6 Å². The smallest absolute Gasteiger partial charge is 0.295 e. The normalized spacial score (nSPS) is 11.2. The lowest BCUT2D eigenvalue weighted by Crippen LogP contribution is -2.52. The average molecular weight is 290 g/mol. The fourth-order valence-corrected chi connectivity index (χ4v) is 1.74. The molecule has 0 atom stereocenters. The number of hydrogen-bond donors (Lipinski definition) is 0. The Morgan fingerprint density at radius 1 is 1.42 bits per heavy atom. The second-order valence-corrected chi connectivity index (χ2v) is 5.19. The fourth-order valence-electron chi connectivity index (χ4n) is 1.58. The largest absolute Gasteiger partial charge is 0.530 e. The van der Waals surface area contributed by atoms with Gasteiger partial charge in [-0.25, -0.2) is 4.39 Å². The van der Waals surface area contributed by atoms with Crippen molar-refractivity contribution in [2.24, 2.45) is 0 Å². The third-order valence-electron chi connectivity index (χ3n) is 2.31. The molecular weight excluding hydrogens is 279 g/mol. The van der Waals surface area contributed by atoms with Crippen LogP contribution in [0, 0.1) is 15.9 Å². The molecular formula is C11H11ClFN2O4-. The van der Waals surface area contributed by atoms with Crippen molar-refractivity contribution in [2.45, 2.75) is 26.3 Å². The predicted octanol–water partition coefficient (Wildman–Crippen LogP) is 2.34. The van der Waals surface area contributed by atoms with Crippen molar-refractivity contribution in [1.82, 2.24) is 0 Å². The number of rotatable bonds is 2. The highest BCUT2D eigenvalue weighted by Gasteiger charge is 2.30. The molecule has 6 nitrogen and oxygen atoms in total. The predicted molar refractivity (Wildman–Crippen MR) is 65.7 cm³/mol. The van der Waals surface area contributed by atoms with Gasteiger partial charge < -0.3 is 14.8 Å². The van der Waals surface area contributed by atoms with Gasteiger partial charge in [-0.05, 0) is 26.8 Å². The lowest BCUT2D eigenvalue weighted by Gasteiger charge is -2.37. The zero-order valence-electron chi connectivity index (χ0n) is 10.4. The molecule has 0 heterocycles. The molecule has 0 bridgehead atoms. The summed E-state index contributed by atoms with van der Waals surface area (Å²) in [6, 6.07) is 1.48. The van der Waals surface area contributed by atoms with Gasteiger partial charge in [0, 0.05) is 5.54 Å². The Balaban J connectivity index is 3.59. The Kier molecular flexibility index (Phi) is 4.00. The maximum atomic E-state index is 13.3. The molecule has 1 rings (SSSR count). The summed E-state index contributed by atoms with van der Waals surface area (Å²) < 4.78 is 13.3. The molecule has 0 aliphatic rings. The van der Waals surface area contributed by atoms with Gasteiger partial charge in [0.05, 0.1) is 16.0 Å². The van der Waals surface area contributed by atoms with E-state index in [0.717, 1.165) is 6.07 Å². The quantitative estimate of drug-likeness (QED) is 0.617. The van der Waals surface area contributed by atoms with Crippen LogP contribution in [-0.4, -0.2) is 16.6 Å². The minimum absolute atomic E-state index is 0.330. The van der Waals surface area contributed by atoms with Crippen LogP contribution in [0.1, 0.15) is 20.8 Å². The van der Waals surface area contributed by atoms with E-state index < -0.39 is 33.1 Å². The van der Waals surface area contributed by atoms with E-state index >= 15 is 0 Å². The van der Waals surface area contributed by atoms with Crippen molar-refractivity contribution < 1.29 is 19.2 Å². The van der Waals surface area contributed by atoms with E-state index in [-0.39, 0.29) is 5.69 Å². The van der Waals surface area contributed by atoms with Gasteiger partial charge in [-0.1, -0.05) is 11.6 Å². The molecule has 0 N–H and O–H groups in total. The van der Waals surface area contributed by atoms with Crippen LogP contribution in [0.3, 0.4) is 0 Å². The van der Waals surface area contributed by atoms with Crippen LogP contribution in [0.2, 0.25) is 5.02 Å². The molecule has 8 heteroatoms. The van der Waals surface area contributed by atoms with Crippen molar-refractivity contribution in [3.8, 4) is 0 Å². The van der Waals surface area contributed by atoms with Crippen LogP contribution in [0.25, 0.3) is 0 Å². The number of nitro benzene ring substituents is 1. The lowest BCUT2D eigenvalue weighted by atomic mass is 10.0. The topological polar surface area (TPSA) is 86.5 Å². The summed E-state index contributed by atoms with van der Waals surface area (Å²) in [5, 5.41) is 21.7. The van der Waals surface area contributed by atoms with Crippen molar-refractivity contribution in [1.29, 1.82) is 0 Å². The van der Waals surface area contributed by atoms with Gasteiger partial charge in [0.25, 0.3) is 5.69 Å². The molecule has 0 saturated carbocycles. The molecule has 0 aliphatic heterocycles. The Morgan fingerprint density at radius 3 is 2.32 bits per heavy atom. The highest BCUT2D eigenvalue weighted by Crippen LogP contribution is 2.36. The van der Waals surface area contributed by atoms with E-state index in [1.165, 1.54) is 20.8 Å². The van der Waals surface area contributed by atoms with Gasteiger partial charge in [-0.2, -0.15) is 0 Å². The highest BCUT2D eigenvalue weighted by molar-refractivity contribution is 6.31. The lowest BCUT2D eigenvalue weighted by molar-refractivity contribution is -0.384. The van der Waals surface area contributed by atoms with Gasteiger partial charge in [-0.15, -0.1) is 0 Å². The van der Waals surface area contributed by atoms with Crippen molar-refractivity contribution in [3.05, 3.63) is 33.1 Å². The molecule has 0 saturated heterocycles. The standard InChI is InChI=1S/C11H12ClFN2O4/c1-11(2,3)14(10(16)17)8-4-6(12)7(13)5-9(8)15(18)19/h4-5H,1-3H3,(H,16,17)/p-1. The Bertz CT molecular complexity index is 542. The summed E-state index contributed by atoms with van der Waals surface area (Å²) in [6.45, 7) is 4.55. The number of amides is 1. The zero-order valence-corrected chi connectivity index (χ0v) is 11.2. The number of anilines is 1. The Morgan fingerprint density at radius 2 is 1.95 bits per heavy atom. The summed E-state index contributed by atoms with van der Waals surface area (Å²) >= 11 is 5.55. The molecule has 0 radical (unpaired) electrons. The van der Waals surface area contributed by atoms with Crippen LogP contribution >= 0.6 is 11.6 Å². The van der Waals surface area contributed by atoms with E-state index in [2.05, 4.69) is 0 Å². The SMILES string of the molecule is CC(C)(C)N(C(=O)[O-])c1cc(Cl)c(F)cc1[N+](=O)[O-]. The first-order valence-electron chi connectivity index (χ1n) is 5.20. The first-order chi connectivity index (χ1) is 8.55. The van der Waals surface area contributed by atoms with Crippen LogP contribution in [0.15, 0.2) is 12.1 Å². The third-order valence-corrected chi connectivity index (χ3v) is 2.60. The van der Waals surface area contributed by atoms with Gasteiger partial charge in [0.15, 0.2) is 0 Å². The summed E-state index contributed by atoms with van der Waals surface area (Å²) in [5.74, 6) is -0.996. The maximum Gasteiger partial charge on any atom is 0.295 e. The second-order valence-electron chi connectivity index (χ2n) is 4.78. The number of hydrogen-bond acceptors (Lipinski definition) is 4. The molecule has 0 aliphatic carbocycles. The number of carbonyl (C=O) groups excluding carboxylic acids is 1. The van der Waals surface area contributed by atoms with Crippen LogP contribution in [0.5, 0.6) is 0 Å². The van der Waals surface area contributed by atoms with Gasteiger partial charge in [-0.3, -0.25) is 10.1 Å². The molecule has 0 aromatic heterocycles. The highest BCUT2D eigenvalue weighted by atomic mass is 35.5. The van der Waals surface area contributed by atoms with E-state index in [1.807, 2.05) is 0 Å². The Labute approximate surface area is 113 Å². The number of halogens is 2. The number of benzene rings is 1. The summed E-state index contributed by atoms with van der Waals surface area (Å²) in [7, 11) is 0. The Hall–Kier alpha value is -1.89. The molecule has 1 amide bonds. The molecule has 1 aromatic carbocycles. The molecule has 0 spiro atoms. The fraction of sp³-hybridized carbons (Fsp3) is 0.364. The second kappa shape index (κ2) is 5.00. The van der Waals surface area contributed by atoms with E-state index in [9.17, 15) is 24.4 Å². The average Bonchev–Trinajstić information content (AvgIpc) is 2.19. The first-order valence-corrected chi connectivity index (χ1v) is 5.58. The monoisotopic (exact) mass is 289 g/mol. The summed E-state index contributed by atoms with van der Waals surface area (Å²) in [4.78, 5) is 21.9.